The second-order valence-corrected chi connectivity index (χ2v) is 8.71. The Balaban J connectivity index is 1.48. The molecule has 2 heterocycles. The highest BCUT2D eigenvalue weighted by atomic mass is 79.9. The van der Waals surface area contributed by atoms with Crippen LogP contribution >= 0.6 is 27.3 Å². The molecule has 1 aromatic heterocycles. The summed E-state index contributed by atoms with van der Waals surface area (Å²) in [5.74, 6) is 0.418. The molecule has 1 aromatic carbocycles. The summed E-state index contributed by atoms with van der Waals surface area (Å²) < 4.78 is 1.06. The molecule has 0 bridgehead atoms. The van der Waals surface area contributed by atoms with Gasteiger partial charge in [-0.3, -0.25) is 9.69 Å². The zero-order chi connectivity index (χ0) is 17.8. The molecule has 4 nitrogen and oxygen atoms in total. The van der Waals surface area contributed by atoms with Crippen LogP contribution in [0, 0.1) is 12.8 Å². The first-order chi connectivity index (χ1) is 12.0. The van der Waals surface area contributed by atoms with Gasteiger partial charge in [-0.25, -0.2) is 4.98 Å². The van der Waals surface area contributed by atoms with Crippen LogP contribution in [0.3, 0.4) is 0 Å². The Morgan fingerprint density at radius 1 is 1.32 bits per heavy atom. The van der Waals surface area contributed by atoms with Crippen molar-refractivity contribution in [3.05, 3.63) is 50.4 Å². The van der Waals surface area contributed by atoms with Crippen molar-refractivity contribution in [3.8, 4) is 0 Å². The predicted molar refractivity (Wildman–Crippen MR) is 105 cm³/mol. The first-order valence-electron chi connectivity index (χ1n) is 8.64. The quantitative estimate of drug-likeness (QED) is 0.729. The second-order valence-electron chi connectivity index (χ2n) is 6.73. The molecule has 1 aliphatic heterocycles. The molecule has 25 heavy (non-hydrogen) atoms. The fourth-order valence-electron chi connectivity index (χ4n) is 3.30. The van der Waals surface area contributed by atoms with Crippen LogP contribution in [0.5, 0.6) is 0 Å². The van der Waals surface area contributed by atoms with Gasteiger partial charge in [0, 0.05) is 35.9 Å². The molecule has 0 atom stereocenters. The summed E-state index contributed by atoms with van der Waals surface area (Å²) in [5.41, 5.74) is 2.31. The summed E-state index contributed by atoms with van der Waals surface area (Å²) in [7, 11) is 1.91. The van der Waals surface area contributed by atoms with Crippen LogP contribution in [0.4, 0.5) is 0 Å². The number of thiazole rings is 1. The van der Waals surface area contributed by atoms with E-state index in [2.05, 4.69) is 43.3 Å². The van der Waals surface area contributed by atoms with Gasteiger partial charge in [-0.1, -0.05) is 28.1 Å². The Bertz CT molecular complexity index is 708. The summed E-state index contributed by atoms with van der Waals surface area (Å²) >= 11 is 5.15. The van der Waals surface area contributed by atoms with Crippen molar-refractivity contribution in [1.82, 2.24) is 14.8 Å². The predicted octanol–water partition coefficient (Wildman–Crippen LogP) is 4.08. The molecule has 0 spiro atoms. The number of nitrogens with zero attached hydrogens (tertiary/aromatic N) is 3. The normalized spacial score (nSPS) is 16.1. The molecule has 1 aliphatic rings. The van der Waals surface area contributed by atoms with E-state index in [1.807, 2.05) is 31.0 Å². The number of aromatic nitrogens is 1. The van der Waals surface area contributed by atoms with Crippen molar-refractivity contribution in [3.63, 3.8) is 0 Å². The van der Waals surface area contributed by atoms with Gasteiger partial charge in [0.2, 0.25) is 5.91 Å². The number of aryl methyl sites for hydroxylation is 1. The van der Waals surface area contributed by atoms with E-state index < -0.39 is 0 Å². The smallest absolute Gasteiger partial charge is 0.225 e. The Kier molecular flexibility index (Phi) is 6.25. The SMILES string of the molecule is Cc1nc(CN2CCC(C(=O)N(C)Cc3ccc(Br)cc3)CC2)cs1. The lowest BCUT2D eigenvalue weighted by Gasteiger charge is -2.32. The zero-order valence-corrected chi connectivity index (χ0v) is 17.1. The van der Waals surface area contributed by atoms with E-state index in [0.717, 1.165) is 53.2 Å². The Hall–Kier alpha value is -1.24. The molecular formula is C19H24BrN3OS. The van der Waals surface area contributed by atoms with Crippen LogP contribution in [-0.4, -0.2) is 40.8 Å². The minimum absolute atomic E-state index is 0.147. The first kappa shape index (κ1) is 18.5. The van der Waals surface area contributed by atoms with Crippen molar-refractivity contribution < 1.29 is 4.79 Å². The van der Waals surface area contributed by atoms with Gasteiger partial charge >= 0.3 is 0 Å². The average molecular weight is 422 g/mol. The fourth-order valence-corrected chi connectivity index (χ4v) is 4.17. The van der Waals surface area contributed by atoms with E-state index >= 15 is 0 Å². The number of hydrogen-bond acceptors (Lipinski definition) is 4. The van der Waals surface area contributed by atoms with Gasteiger partial charge in [-0.15, -0.1) is 11.3 Å². The van der Waals surface area contributed by atoms with Gasteiger partial charge in [0.15, 0.2) is 0 Å². The number of hydrogen-bond donors (Lipinski definition) is 0. The van der Waals surface area contributed by atoms with E-state index in [9.17, 15) is 4.79 Å². The number of carbonyl (C=O) groups is 1. The molecular weight excluding hydrogens is 398 g/mol. The van der Waals surface area contributed by atoms with Crippen LogP contribution in [0.15, 0.2) is 34.1 Å². The summed E-state index contributed by atoms with van der Waals surface area (Å²) in [6.45, 7) is 5.56. The molecule has 0 radical (unpaired) electrons. The van der Waals surface area contributed by atoms with Crippen LogP contribution in [0.25, 0.3) is 0 Å². The minimum Gasteiger partial charge on any atom is -0.341 e. The van der Waals surface area contributed by atoms with E-state index in [1.54, 1.807) is 11.3 Å². The van der Waals surface area contributed by atoms with Crippen molar-refractivity contribution in [1.29, 1.82) is 0 Å². The molecule has 3 rings (SSSR count). The number of likely N-dealkylation sites (tertiary alicyclic amines) is 1. The van der Waals surface area contributed by atoms with Crippen molar-refractivity contribution in [2.24, 2.45) is 5.92 Å². The van der Waals surface area contributed by atoms with Gasteiger partial charge in [0.05, 0.1) is 10.7 Å². The molecule has 0 unspecified atom stereocenters. The fraction of sp³-hybridized carbons (Fsp3) is 0.474. The van der Waals surface area contributed by atoms with Crippen LogP contribution < -0.4 is 0 Å². The number of piperidine rings is 1. The van der Waals surface area contributed by atoms with Crippen LogP contribution in [0.1, 0.15) is 29.1 Å². The number of amides is 1. The van der Waals surface area contributed by atoms with E-state index in [0.29, 0.717) is 6.54 Å². The van der Waals surface area contributed by atoms with Crippen molar-refractivity contribution in [2.75, 3.05) is 20.1 Å². The van der Waals surface area contributed by atoms with Gasteiger partial charge in [0.25, 0.3) is 0 Å². The van der Waals surface area contributed by atoms with E-state index in [-0.39, 0.29) is 11.8 Å². The van der Waals surface area contributed by atoms with Gasteiger partial charge in [-0.05, 0) is 50.6 Å². The molecule has 134 valence electrons. The Morgan fingerprint density at radius 2 is 2.00 bits per heavy atom. The van der Waals surface area contributed by atoms with Gasteiger partial charge in [-0.2, -0.15) is 0 Å². The lowest BCUT2D eigenvalue weighted by molar-refractivity contribution is -0.136. The third kappa shape index (κ3) is 5.12. The number of benzene rings is 1. The topological polar surface area (TPSA) is 36.4 Å². The zero-order valence-electron chi connectivity index (χ0n) is 14.7. The van der Waals surface area contributed by atoms with Gasteiger partial charge < -0.3 is 4.90 Å². The highest BCUT2D eigenvalue weighted by molar-refractivity contribution is 9.10. The highest BCUT2D eigenvalue weighted by Crippen LogP contribution is 2.22. The highest BCUT2D eigenvalue weighted by Gasteiger charge is 2.27. The maximum Gasteiger partial charge on any atom is 0.225 e. The largest absolute Gasteiger partial charge is 0.341 e. The molecule has 1 saturated heterocycles. The van der Waals surface area contributed by atoms with Gasteiger partial charge in [0.1, 0.15) is 0 Å². The minimum atomic E-state index is 0.147. The monoisotopic (exact) mass is 421 g/mol. The van der Waals surface area contributed by atoms with Crippen LogP contribution in [0.2, 0.25) is 0 Å². The van der Waals surface area contributed by atoms with Crippen molar-refractivity contribution in [2.45, 2.75) is 32.9 Å². The first-order valence-corrected chi connectivity index (χ1v) is 10.3. The van der Waals surface area contributed by atoms with Crippen molar-refractivity contribution >= 4 is 33.2 Å². The molecule has 0 N–H and O–H groups in total. The summed E-state index contributed by atoms with van der Waals surface area (Å²) in [6, 6.07) is 8.16. The summed E-state index contributed by atoms with van der Waals surface area (Å²) in [6.07, 6.45) is 1.87. The third-order valence-corrected chi connectivity index (χ3v) is 6.05. The Morgan fingerprint density at radius 3 is 2.60 bits per heavy atom. The maximum atomic E-state index is 12.7. The molecule has 0 saturated carbocycles. The van der Waals surface area contributed by atoms with Crippen LogP contribution in [-0.2, 0) is 17.9 Å². The molecule has 1 amide bonds. The summed E-state index contributed by atoms with van der Waals surface area (Å²) in [5, 5.41) is 3.26. The number of rotatable bonds is 5. The maximum absolute atomic E-state index is 12.7. The molecule has 6 heteroatoms. The third-order valence-electron chi connectivity index (χ3n) is 4.70. The number of halogens is 1. The lowest BCUT2D eigenvalue weighted by atomic mass is 9.95. The number of carbonyl (C=O) groups excluding carboxylic acids is 1. The standard InChI is InChI=1S/C19H24BrN3OS/c1-14-21-18(13-25-14)12-23-9-7-16(8-10-23)19(24)22(2)11-15-3-5-17(20)6-4-15/h3-6,13,16H,7-12H2,1-2H3. The second kappa shape index (κ2) is 8.43. The average Bonchev–Trinajstić information content (AvgIpc) is 3.02. The molecule has 0 aliphatic carbocycles. The summed E-state index contributed by atoms with van der Waals surface area (Å²) in [4.78, 5) is 21.5. The van der Waals surface area contributed by atoms with E-state index in [4.69, 9.17) is 0 Å². The molecule has 2 aromatic rings. The van der Waals surface area contributed by atoms with E-state index in [1.165, 1.54) is 0 Å². The Labute approximate surface area is 162 Å². The lowest BCUT2D eigenvalue weighted by Crippen LogP contribution is -2.40. The molecule has 1 fully saturated rings.